The zero-order chi connectivity index (χ0) is 22.6. The molecule has 1 aliphatic heterocycles. The van der Waals surface area contributed by atoms with E-state index in [1.165, 1.54) is 0 Å². The highest BCUT2D eigenvalue weighted by Crippen LogP contribution is 2.29. The number of anilines is 1. The fourth-order valence-electron chi connectivity index (χ4n) is 4.21. The topological polar surface area (TPSA) is 55.2 Å². The number of rotatable bonds is 6. The number of nitrogens with zero attached hydrogens (tertiary/aromatic N) is 2. The number of methoxy groups -OCH3 is 1. The van der Waals surface area contributed by atoms with Crippen LogP contribution in [0.25, 0.3) is 11.0 Å². The molecule has 1 amide bonds. The second-order valence-electron chi connectivity index (χ2n) is 7.99. The lowest BCUT2D eigenvalue weighted by atomic mass is 10.1. The van der Waals surface area contributed by atoms with E-state index in [4.69, 9.17) is 13.9 Å². The fraction of sp³-hybridized carbons (Fsp3) is 0.222. The van der Waals surface area contributed by atoms with E-state index in [9.17, 15) is 4.79 Å². The zero-order valence-electron chi connectivity index (χ0n) is 18.6. The van der Waals surface area contributed by atoms with Crippen molar-refractivity contribution in [3.8, 4) is 11.5 Å². The molecule has 1 aromatic heterocycles. The molecule has 0 saturated carbocycles. The molecule has 168 valence electrons. The minimum Gasteiger partial charge on any atom is -0.497 e. The third-order valence-corrected chi connectivity index (χ3v) is 6.00. The maximum absolute atomic E-state index is 13.5. The van der Waals surface area contributed by atoms with Gasteiger partial charge in [0.25, 0.3) is 5.91 Å². The van der Waals surface area contributed by atoms with Gasteiger partial charge in [0.15, 0.2) is 5.76 Å². The number of ether oxygens (including phenoxy) is 2. The monoisotopic (exact) mass is 442 g/mol. The van der Waals surface area contributed by atoms with Gasteiger partial charge >= 0.3 is 0 Å². The van der Waals surface area contributed by atoms with Crippen molar-refractivity contribution in [1.82, 2.24) is 4.90 Å². The summed E-state index contributed by atoms with van der Waals surface area (Å²) in [7, 11) is 1.67. The Morgan fingerprint density at radius 3 is 2.39 bits per heavy atom. The molecule has 2 heterocycles. The van der Waals surface area contributed by atoms with E-state index in [0.717, 1.165) is 41.2 Å². The Bertz CT molecular complexity index is 1240. The Morgan fingerprint density at radius 1 is 0.879 bits per heavy atom. The summed E-state index contributed by atoms with van der Waals surface area (Å²) in [4.78, 5) is 17.6. The fourth-order valence-corrected chi connectivity index (χ4v) is 4.21. The van der Waals surface area contributed by atoms with Gasteiger partial charge in [0.05, 0.1) is 7.11 Å². The van der Waals surface area contributed by atoms with E-state index >= 15 is 0 Å². The maximum atomic E-state index is 13.5. The van der Waals surface area contributed by atoms with Gasteiger partial charge in [0.2, 0.25) is 0 Å². The molecule has 1 fully saturated rings. The SMILES string of the molecule is COc1cccc(N2CCN(C(=O)c3oc4ccccc4c3COc3ccccc3)CC2)c1. The van der Waals surface area contributed by atoms with Crippen LogP contribution in [0.2, 0.25) is 0 Å². The number of fused-ring (bicyclic) bond motifs is 1. The lowest BCUT2D eigenvalue weighted by Gasteiger charge is -2.36. The second kappa shape index (κ2) is 9.28. The van der Waals surface area contributed by atoms with Crippen LogP contribution in [0.4, 0.5) is 5.69 Å². The van der Waals surface area contributed by atoms with E-state index < -0.39 is 0 Å². The van der Waals surface area contributed by atoms with Crippen molar-refractivity contribution in [2.24, 2.45) is 0 Å². The predicted molar refractivity (Wildman–Crippen MR) is 128 cm³/mol. The largest absolute Gasteiger partial charge is 0.497 e. The van der Waals surface area contributed by atoms with Gasteiger partial charge in [-0.05, 0) is 30.3 Å². The lowest BCUT2D eigenvalue weighted by molar-refractivity contribution is 0.0713. The van der Waals surface area contributed by atoms with Crippen LogP contribution in [0.3, 0.4) is 0 Å². The molecule has 0 atom stereocenters. The summed E-state index contributed by atoms with van der Waals surface area (Å²) >= 11 is 0. The summed E-state index contributed by atoms with van der Waals surface area (Å²) in [6.07, 6.45) is 0. The third kappa shape index (κ3) is 4.37. The number of amides is 1. The maximum Gasteiger partial charge on any atom is 0.290 e. The average Bonchev–Trinajstić information content (AvgIpc) is 3.26. The molecule has 1 saturated heterocycles. The third-order valence-electron chi connectivity index (χ3n) is 6.00. The number of para-hydroxylation sites is 2. The van der Waals surface area contributed by atoms with Crippen molar-refractivity contribution >= 4 is 22.6 Å². The van der Waals surface area contributed by atoms with Crippen molar-refractivity contribution in [1.29, 1.82) is 0 Å². The van der Waals surface area contributed by atoms with Gasteiger partial charge in [-0.25, -0.2) is 0 Å². The number of hydrogen-bond acceptors (Lipinski definition) is 5. The van der Waals surface area contributed by atoms with Crippen molar-refractivity contribution < 1.29 is 18.7 Å². The van der Waals surface area contributed by atoms with E-state index in [2.05, 4.69) is 11.0 Å². The second-order valence-corrected chi connectivity index (χ2v) is 7.99. The van der Waals surface area contributed by atoms with E-state index in [1.54, 1.807) is 7.11 Å². The highest BCUT2D eigenvalue weighted by molar-refractivity contribution is 5.99. The van der Waals surface area contributed by atoms with Gasteiger partial charge in [0, 0.05) is 48.9 Å². The molecule has 0 spiro atoms. The number of carbonyl (C=O) groups excluding carboxylic acids is 1. The van der Waals surface area contributed by atoms with Crippen LogP contribution in [0.5, 0.6) is 11.5 Å². The van der Waals surface area contributed by atoms with Crippen molar-refractivity contribution in [3.05, 3.63) is 90.2 Å². The predicted octanol–water partition coefficient (Wildman–Crippen LogP) is 4.98. The summed E-state index contributed by atoms with van der Waals surface area (Å²) in [5, 5.41) is 0.909. The van der Waals surface area contributed by atoms with Gasteiger partial charge in [0.1, 0.15) is 23.7 Å². The molecule has 6 heteroatoms. The van der Waals surface area contributed by atoms with Crippen LogP contribution in [-0.4, -0.2) is 44.1 Å². The van der Waals surface area contributed by atoms with Crippen LogP contribution in [0.15, 0.2) is 83.3 Å². The lowest BCUT2D eigenvalue weighted by Crippen LogP contribution is -2.48. The van der Waals surface area contributed by atoms with Crippen LogP contribution < -0.4 is 14.4 Å². The Morgan fingerprint density at radius 2 is 1.61 bits per heavy atom. The van der Waals surface area contributed by atoms with Crippen LogP contribution in [0.1, 0.15) is 16.1 Å². The first-order valence-corrected chi connectivity index (χ1v) is 11.1. The molecule has 1 aliphatic rings. The Balaban J connectivity index is 1.34. The van der Waals surface area contributed by atoms with Crippen LogP contribution in [0, 0.1) is 0 Å². The molecule has 33 heavy (non-hydrogen) atoms. The highest BCUT2D eigenvalue weighted by atomic mass is 16.5. The normalized spacial score (nSPS) is 13.8. The average molecular weight is 443 g/mol. The number of carbonyl (C=O) groups is 1. The molecule has 0 aliphatic carbocycles. The van der Waals surface area contributed by atoms with Crippen LogP contribution >= 0.6 is 0 Å². The molecular weight excluding hydrogens is 416 g/mol. The van der Waals surface area contributed by atoms with Crippen molar-refractivity contribution in [2.45, 2.75) is 6.61 Å². The number of furan rings is 1. The molecule has 3 aromatic carbocycles. The summed E-state index contributed by atoms with van der Waals surface area (Å²) in [6.45, 7) is 2.99. The highest BCUT2D eigenvalue weighted by Gasteiger charge is 2.28. The molecular formula is C27H26N2O4. The summed E-state index contributed by atoms with van der Waals surface area (Å²) in [5.41, 5.74) is 2.58. The summed E-state index contributed by atoms with van der Waals surface area (Å²) in [6, 6.07) is 25.3. The summed E-state index contributed by atoms with van der Waals surface area (Å²) < 4.78 is 17.4. The first-order valence-electron chi connectivity index (χ1n) is 11.1. The number of piperazine rings is 1. The number of hydrogen-bond donors (Lipinski definition) is 0. The van der Waals surface area contributed by atoms with Gasteiger partial charge in [-0.1, -0.05) is 42.5 Å². The first kappa shape index (κ1) is 20.9. The Labute approximate surface area is 192 Å². The van der Waals surface area contributed by atoms with Crippen molar-refractivity contribution in [2.75, 3.05) is 38.2 Å². The number of benzene rings is 3. The van der Waals surface area contributed by atoms with E-state index in [-0.39, 0.29) is 12.5 Å². The molecule has 0 bridgehead atoms. The standard InChI is InChI=1S/C27H26N2O4/c1-31-22-11-7-8-20(18-22)28-14-16-29(17-15-28)27(30)26-24(19-32-21-9-3-2-4-10-21)23-12-5-6-13-25(23)33-26/h2-13,18H,14-17,19H2,1H3. The van der Waals surface area contributed by atoms with E-state index in [1.807, 2.05) is 77.7 Å². The smallest absolute Gasteiger partial charge is 0.290 e. The minimum absolute atomic E-state index is 0.0943. The van der Waals surface area contributed by atoms with Crippen LogP contribution in [-0.2, 0) is 6.61 Å². The molecule has 0 unspecified atom stereocenters. The molecule has 4 aromatic rings. The van der Waals surface area contributed by atoms with Gasteiger partial charge in [-0.3, -0.25) is 4.79 Å². The molecule has 0 radical (unpaired) electrons. The Hall–Kier alpha value is -3.93. The van der Waals surface area contributed by atoms with E-state index in [0.29, 0.717) is 24.4 Å². The van der Waals surface area contributed by atoms with Crippen molar-refractivity contribution in [3.63, 3.8) is 0 Å². The van der Waals surface area contributed by atoms with Gasteiger partial charge < -0.3 is 23.7 Å². The Kier molecular flexibility index (Phi) is 5.89. The zero-order valence-corrected chi connectivity index (χ0v) is 18.6. The van der Waals surface area contributed by atoms with Gasteiger partial charge in [-0.15, -0.1) is 0 Å². The summed E-state index contributed by atoms with van der Waals surface area (Å²) in [5.74, 6) is 1.86. The quantitative estimate of drug-likeness (QED) is 0.421. The molecule has 0 N–H and O–H groups in total. The minimum atomic E-state index is -0.0943. The molecule has 6 nitrogen and oxygen atoms in total. The van der Waals surface area contributed by atoms with Gasteiger partial charge in [-0.2, -0.15) is 0 Å². The first-order chi connectivity index (χ1) is 16.2. The molecule has 5 rings (SSSR count).